The van der Waals surface area contributed by atoms with Crippen LogP contribution in [-0.4, -0.2) is 0 Å². The van der Waals surface area contributed by atoms with Crippen molar-refractivity contribution in [2.45, 2.75) is 5.41 Å². The van der Waals surface area contributed by atoms with Crippen molar-refractivity contribution < 1.29 is 17.6 Å². The Bertz CT molecular complexity index is 1620. The van der Waals surface area contributed by atoms with Crippen LogP contribution in [0.1, 0.15) is 22.3 Å². The molecule has 0 saturated carbocycles. The molecular formula is C37H24F4. The monoisotopic (exact) mass is 544 g/mol. The van der Waals surface area contributed by atoms with Crippen molar-refractivity contribution in [3.8, 4) is 22.3 Å². The highest BCUT2D eigenvalue weighted by Crippen LogP contribution is 2.46. The highest BCUT2D eigenvalue weighted by atomic mass is 19.1. The summed E-state index contributed by atoms with van der Waals surface area (Å²) in [5.41, 5.74) is 6.01. The standard InChI is InChI=1S/C37H24F4/c38-33-17-5-27(6-18-33)25-1-9-29(10-2-25)37(31-13-21-35(40)22-14-31,32-15-23-36(41)24-16-32)30-11-3-26(4-12-30)28-7-19-34(39)20-8-28/h1-24H. The molecule has 0 spiro atoms. The molecular weight excluding hydrogens is 520 g/mol. The molecule has 0 fully saturated rings. The van der Waals surface area contributed by atoms with E-state index in [1.165, 1.54) is 48.5 Å². The average molecular weight is 545 g/mol. The zero-order valence-corrected chi connectivity index (χ0v) is 21.9. The van der Waals surface area contributed by atoms with Crippen molar-refractivity contribution in [2.75, 3.05) is 0 Å². The number of benzene rings is 6. The molecule has 0 bridgehead atoms. The summed E-state index contributed by atoms with van der Waals surface area (Å²) in [4.78, 5) is 0. The molecule has 0 N–H and O–H groups in total. The Kier molecular flexibility index (Phi) is 6.98. The van der Waals surface area contributed by atoms with Gasteiger partial charge in [-0.2, -0.15) is 0 Å². The van der Waals surface area contributed by atoms with Crippen molar-refractivity contribution in [1.82, 2.24) is 0 Å². The van der Waals surface area contributed by atoms with Crippen molar-refractivity contribution in [1.29, 1.82) is 0 Å². The van der Waals surface area contributed by atoms with E-state index in [9.17, 15) is 17.6 Å². The molecule has 0 unspecified atom stereocenters. The van der Waals surface area contributed by atoms with E-state index in [1.54, 1.807) is 48.5 Å². The maximum atomic E-state index is 14.2. The Morgan fingerprint density at radius 2 is 0.415 bits per heavy atom. The molecule has 200 valence electrons. The van der Waals surface area contributed by atoms with Gasteiger partial charge in [0.15, 0.2) is 0 Å². The van der Waals surface area contributed by atoms with E-state index in [1.807, 2.05) is 48.5 Å². The second-order valence-corrected chi connectivity index (χ2v) is 9.93. The number of rotatable bonds is 6. The van der Waals surface area contributed by atoms with Crippen molar-refractivity contribution in [2.24, 2.45) is 0 Å². The van der Waals surface area contributed by atoms with Gasteiger partial charge in [0.25, 0.3) is 0 Å². The lowest BCUT2D eigenvalue weighted by atomic mass is 9.65. The summed E-state index contributed by atoms with van der Waals surface area (Å²) in [7, 11) is 0. The molecule has 6 rings (SSSR count). The first kappa shape index (κ1) is 26.3. The third kappa shape index (κ3) is 5.05. The molecule has 6 aromatic rings. The van der Waals surface area contributed by atoms with Crippen LogP contribution in [0.4, 0.5) is 17.6 Å². The van der Waals surface area contributed by atoms with Gasteiger partial charge in [-0.05, 0) is 93.0 Å². The molecule has 0 aliphatic heterocycles. The summed E-state index contributed by atoms with van der Waals surface area (Å²) in [5, 5.41) is 0. The first-order valence-corrected chi connectivity index (χ1v) is 13.2. The first-order valence-electron chi connectivity index (χ1n) is 13.2. The van der Waals surface area contributed by atoms with Crippen molar-refractivity contribution >= 4 is 0 Å². The van der Waals surface area contributed by atoms with Crippen LogP contribution in [0.15, 0.2) is 146 Å². The summed E-state index contributed by atoms with van der Waals surface area (Å²) in [6.07, 6.45) is 0. The van der Waals surface area contributed by atoms with Gasteiger partial charge in [-0.1, -0.05) is 97.1 Å². The van der Waals surface area contributed by atoms with Crippen LogP contribution in [0.2, 0.25) is 0 Å². The maximum Gasteiger partial charge on any atom is 0.123 e. The second kappa shape index (κ2) is 10.9. The van der Waals surface area contributed by atoms with Crippen molar-refractivity contribution in [3.63, 3.8) is 0 Å². The van der Waals surface area contributed by atoms with E-state index in [0.717, 1.165) is 44.5 Å². The van der Waals surface area contributed by atoms with Gasteiger partial charge in [0.2, 0.25) is 0 Å². The van der Waals surface area contributed by atoms with Crippen LogP contribution < -0.4 is 0 Å². The van der Waals surface area contributed by atoms with E-state index in [2.05, 4.69) is 0 Å². The van der Waals surface area contributed by atoms with E-state index in [0.29, 0.717) is 0 Å². The van der Waals surface area contributed by atoms with Crippen LogP contribution in [0.3, 0.4) is 0 Å². The SMILES string of the molecule is Fc1ccc(-c2ccc(C(c3ccc(F)cc3)(c3ccc(F)cc3)c3ccc(-c4ccc(F)cc4)cc3)cc2)cc1. The molecule has 0 heterocycles. The molecule has 0 aliphatic carbocycles. The third-order valence-corrected chi connectivity index (χ3v) is 7.55. The van der Waals surface area contributed by atoms with Crippen molar-refractivity contribution in [3.05, 3.63) is 191 Å². The van der Waals surface area contributed by atoms with Crippen LogP contribution in [0.5, 0.6) is 0 Å². The van der Waals surface area contributed by atoms with Gasteiger partial charge in [0.05, 0.1) is 5.41 Å². The summed E-state index contributed by atoms with van der Waals surface area (Å²) >= 11 is 0. The van der Waals surface area contributed by atoms with E-state index in [-0.39, 0.29) is 23.3 Å². The quantitative estimate of drug-likeness (QED) is 0.145. The zero-order chi connectivity index (χ0) is 28.4. The third-order valence-electron chi connectivity index (χ3n) is 7.55. The Labute approximate surface area is 236 Å². The van der Waals surface area contributed by atoms with E-state index >= 15 is 0 Å². The molecule has 0 saturated heterocycles. The largest absolute Gasteiger partial charge is 0.207 e. The minimum absolute atomic E-state index is 0.305. The van der Waals surface area contributed by atoms with E-state index in [4.69, 9.17) is 0 Å². The van der Waals surface area contributed by atoms with Gasteiger partial charge >= 0.3 is 0 Å². The summed E-state index contributed by atoms with van der Waals surface area (Å²) in [5.74, 6) is -1.33. The van der Waals surface area contributed by atoms with Gasteiger partial charge in [-0.15, -0.1) is 0 Å². The Morgan fingerprint density at radius 1 is 0.244 bits per heavy atom. The van der Waals surface area contributed by atoms with Crippen LogP contribution in [0, 0.1) is 23.3 Å². The van der Waals surface area contributed by atoms with Gasteiger partial charge in [0, 0.05) is 0 Å². The molecule has 4 heteroatoms. The molecule has 41 heavy (non-hydrogen) atoms. The lowest BCUT2D eigenvalue weighted by Crippen LogP contribution is -2.31. The minimum Gasteiger partial charge on any atom is -0.207 e. The fourth-order valence-electron chi connectivity index (χ4n) is 5.51. The molecule has 0 amide bonds. The van der Waals surface area contributed by atoms with Crippen LogP contribution >= 0.6 is 0 Å². The first-order chi connectivity index (χ1) is 19.9. The van der Waals surface area contributed by atoms with Gasteiger partial charge < -0.3 is 0 Å². The van der Waals surface area contributed by atoms with Gasteiger partial charge in [-0.3, -0.25) is 0 Å². The summed E-state index contributed by atoms with van der Waals surface area (Å²) < 4.78 is 55.4. The van der Waals surface area contributed by atoms with Gasteiger partial charge in [-0.25, -0.2) is 17.6 Å². The lowest BCUT2D eigenvalue weighted by molar-refractivity contribution is 0.621. The second-order valence-electron chi connectivity index (χ2n) is 9.93. The predicted molar refractivity (Wildman–Crippen MR) is 155 cm³/mol. The topological polar surface area (TPSA) is 0 Å². The smallest absolute Gasteiger partial charge is 0.123 e. The van der Waals surface area contributed by atoms with E-state index < -0.39 is 5.41 Å². The fourth-order valence-corrected chi connectivity index (χ4v) is 5.51. The number of halogens is 4. The minimum atomic E-state index is -0.927. The highest BCUT2D eigenvalue weighted by molar-refractivity contribution is 5.69. The predicted octanol–water partition coefficient (Wildman–Crippen LogP) is 9.96. The number of hydrogen-bond acceptors (Lipinski definition) is 0. The summed E-state index contributed by atoms with van der Waals surface area (Å²) in [6, 6.07) is 41.2. The summed E-state index contributed by atoms with van der Waals surface area (Å²) in [6.45, 7) is 0. The molecule has 0 nitrogen and oxygen atoms in total. The van der Waals surface area contributed by atoms with Crippen LogP contribution in [0.25, 0.3) is 22.3 Å². The fraction of sp³-hybridized carbons (Fsp3) is 0.0270. The normalized spacial score (nSPS) is 11.4. The Balaban J connectivity index is 1.57. The number of hydrogen-bond donors (Lipinski definition) is 0. The highest BCUT2D eigenvalue weighted by Gasteiger charge is 2.38. The maximum absolute atomic E-state index is 14.2. The molecule has 6 aromatic carbocycles. The molecule has 0 radical (unpaired) electrons. The zero-order valence-electron chi connectivity index (χ0n) is 21.9. The van der Waals surface area contributed by atoms with Crippen LogP contribution in [-0.2, 0) is 5.41 Å². The molecule has 0 atom stereocenters. The Hall–Kier alpha value is -4.96. The molecule has 0 aromatic heterocycles. The lowest BCUT2D eigenvalue weighted by Gasteiger charge is -2.37. The average Bonchev–Trinajstić information content (AvgIpc) is 3.01. The Morgan fingerprint density at radius 3 is 0.659 bits per heavy atom. The molecule has 0 aliphatic rings. The van der Waals surface area contributed by atoms with Gasteiger partial charge in [0.1, 0.15) is 23.3 Å².